The van der Waals surface area contributed by atoms with Gasteiger partial charge >= 0.3 is 0 Å². The second kappa shape index (κ2) is 6.84. The molecule has 1 aromatic carbocycles. The zero-order valence-corrected chi connectivity index (χ0v) is 12.2. The van der Waals surface area contributed by atoms with Crippen molar-refractivity contribution in [3.05, 3.63) is 35.4 Å². The lowest BCUT2D eigenvalue weighted by Crippen LogP contribution is -2.34. The Kier molecular flexibility index (Phi) is 5.12. The fraction of sp³-hybridized carbons (Fsp3) is 0.500. The molecule has 1 aliphatic rings. The molecule has 2 rings (SSSR count). The molecule has 1 fully saturated rings. The summed E-state index contributed by atoms with van der Waals surface area (Å²) >= 11 is 0. The molecule has 0 amide bonds. The summed E-state index contributed by atoms with van der Waals surface area (Å²) in [6, 6.07) is 8.81. The van der Waals surface area contributed by atoms with Crippen LogP contribution in [-0.2, 0) is 15.8 Å². The van der Waals surface area contributed by atoms with Crippen molar-refractivity contribution in [1.29, 1.82) is 5.26 Å². The van der Waals surface area contributed by atoms with Crippen LogP contribution in [0.5, 0.6) is 0 Å². The largest absolute Gasteiger partial charge is 0.302 e. The Labute approximate surface area is 120 Å². The minimum atomic E-state index is -3.39. The molecule has 1 aromatic rings. The summed E-state index contributed by atoms with van der Waals surface area (Å²) < 4.78 is 26.6. The molecule has 0 aliphatic carbocycles. The third-order valence-corrected chi connectivity index (χ3v) is 4.77. The van der Waals surface area contributed by atoms with Gasteiger partial charge < -0.3 is 4.90 Å². The highest BCUT2D eigenvalue weighted by molar-refractivity contribution is 7.88. The second-order valence-electron chi connectivity index (χ2n) is 4.97. The highest BCUT2D eigenvalue weighted by Gasteiger charge is 2.15. The molecule has 0 spiro atoms. The van der Waals surface area contributed by atoms with Crippen LogP contribution in [0.25, 0.3) is 0 Å². The van der Waals surface area contributed by atoms with E-state index < -0.39 is 10.0 Å². The molecule has 1 saturated heterocycles. The minimum absolute atomic E-state index is 0.142. The van der Waals surface area contributed by atoms with E-state index in [0.29, 0.717) is 17.7 Å². The van der Waals surface area contributed by atoms with Crippen LogP contribution in [0.4, 0.5) is 0 Å². The van der Waals surface area contributed by atoms with Gasteiger partial charge in [0.1, 0.15) is 0 Å². The van der Waals surface area contributed by atoms with E-state index in [1.165, 1.54) is 12.8 Å². The molecule has 1 aliphatic heterocycles. The van der Waals surface area contributed by atoms with Crippen molar-refractivity contribution in [2.24, 2.45) is 0 Å². The summed E-state index contributed by atoms with van der Waals surface area (Å²) in [6.45, 7) is 3.29. The van der Waals surface area contributed by atoms with Crippen molar-refractivity contribution in [3.63, 3.8) is 0 Å². The van der Waals surface area contributed by atoms with E-state index in [1.54, 1.807) is 24.3 Å². The van der Waals surface area contributed by atoms with Gasteiger partial charge in [-0.05, 0) is 37.6 Å². The van der Waals surface area contributed by atoms with Crippen LogP contribution in [0.2, 0.25) is 0 Å². The molecule has 0 saturated carbocycles. The van der Waals surface area contributed by atoms with Crippen LogP contribution in [0.1, 0.15) is 24.0 Å². The second-order valence-corrected chi connectivity index (χ2v) is 6.78. The Balaban J connectivity index is 1.88. The monoisotopic (exact) mass is 293 g/mol. The molecule has 6 heteroatoms. The number of sulfonamides is 1. The highest BCUT2D eigenvalue weighted by atomic mass is 32.2. The predicted octanol–water partition coefficient (Wildman–Crippen LogP) is 1.07. The van der Waals surface area contributed by atoms with Gasteiger partial charge in [0.2, 0.25) is 10.0 Å². The Hall–Kier alpha value is -1.42. The minimum Gasteiger partial charge on any atom is -0.302 e. The summed E-state index contributed by atoms with van der Waals surface area (Å²) in [5, 5.41) is 8.96. The fourth-order valence-electron chi connectivity index (χ4n) is 2.38. The van der Waals surface area contributed by atoms with Gasteiger partial charge in [-0.3, -0.25) is 0 Å². The van der Waals surface area contributed by atoms with E-state index in [4.69, 9.17) is 5.26 Å². The lowest BCUT2D eigenvalue weighted by molar-refractivity contribution is 0.344. The van der Waals surface area contributed by atoms with Crippen molar-refractivity contribution in [3.8, 4) is 6.07 Å². The van der Waals surface area contributed by atoms with E-state index in [1.807, 2.05) is 6.07 Å². The maximum absolute atomic E-state index is 12.0. The molecular formula is C14H19N3O2S. The van der Waals surface area contributed by atoms with E-state index >= 15 is 0 Å². The normalized spacial score (nSPS) is 16.1. The van der Waals surface area contributed by atoms with Crippen molar-refractivity contribution >= 4 is 10.0 Å². The van der Waals surface area contributed by atoms with Crippen molar-refractivity contribution in [1.82, 2.24) is 9.62 Å². The number of nitrogens with zero attached hydrogens (tertiary/aromatic N) is 2. The summed E-state index contributed by atoms with van der Waals surface area (Å²) in [4.78, 5) is 2.26. The number of benzene rings is 1. The maximum Gasteiger partial charge on any atom is 0.215 e. The molecule has 0 bridgehead atoms. The summed E-state index contributed by atoms with van der Waals surface area (Å²) in [7, 11) is -3.39. The average Bonchev–Trinajstić information content (AvgIpc) is 2.92. The van der Waals surface area contributed by atoms with Gasteiger partial charge in [-0.15, -0.1) is 0 Å². The average molecular weight is 293 g/mol. The van der Waals surface area contributed by atoms with E-state index in [0.717, 1.165) is 19.6 Å². The first-order valence-corrected chi connectivity index (χ1v) is 8.44. The van der Waals surface area contributed by atoms with Crippen molar-refractivity contribution in [2.75, 3.05) is 26.2 Å². The van der Waals surface area contributed by atoms with E-state index in [2.05, 4.69) is 9.62 Å². The van der Waals surface area contributed by atoms with E-state index in [-0.39, 0.29) is 5.75 Å². The smallest absolute Gasteiger partial charge is 0.215 e. The predicted molar refractivity (Wildman–Crippen MR) is 77.5 cm³/mol. The van der Waals surface area contributed by atoms with Crippen LogP contribution in [-0.4, -0.2) is 39.5 Å². The van der Waals surface area contributed by atoms with Gasteiger partial charge in [0.15, 0.2) is 0 Å². The Morgan fingerprint density at radius 2 is 1.95 bits per heavy atom. The number of hydrogen-bond acceptors (Lipinski definition) is 4. The number of likely N-dealkylation sites (tertiary alicyclic amines) is 1. The van der Waals surface area contributed by atoms with Gasteiger partial charge in [0.25, 0.3) is 0 Å². The Morgan fingerprint density at radius 1 is 1.25 bits per heavy atom. The summed E-state index contributed by atoms with van der Waals surface area (Å²) in [6.07, 6.45) is 2.39. The third kappa shape index (κ3) is 4.30. The number of nitrogens with one attached hydrogen (secondary N) is 1. The van der Waals surface area contributed by atoms with Crippen LogP contribution < -0.4 is 4.72 Å². The van der Waals surface area contributed by atoms with Gasteiger partial charge in [-0.1, -0.05) is 18.2 Å². The highest BCUT2D eigenvalue weighted by Crippen LogP contribution is 2.11. The standard InChI is InChI=1S/C14H19N3O2S/c15-11-13-5-1-2-6-14(13)12-20(18,19)16-7-10-17-8-3-4-9-17/h1-2,5-6,16H,3-4,7-10,12H2. The first kappa shape index (κ1) is 15.0. The fourth-order valence-corrected chi connectivity index (χ4v) is 3.54. The molecule has 0 unspecified atom stereocenters. The molecule has 5 nitrogen and oxygen atoms in total. The molecule has 20 heavy (non-hydrogen) atoms. The number of rotatable bonds is 6. The maximum atomic E-state index is 12.0. The molecule has 1 heterocycles. The lowest BCUT2D eigenvalue weighted by Gasteiger charge is -2.15. The number of nitriles is 1. The zero-order valence-electron chi connectivity index (χ0n) is 11.4. The summed E-state index contributed by atoms with van der Waals surface area (Å²) in [5.74, 6) is -0.142. The molecule has 0 atom stereocenters. The first-order valence-electron chi connectivity index (χ1n) is 6.78. The van der Waals surface area contributed by atoms with Crippen molar-refractivity contribution in [2.45, 2.75) is 18.6 Å². The lowest BCUT2D eigenvalue weighted by atomic mass is 10.1. The van der Waals surface area contributed by atoms with Crippen molar-refractivity contribution < 1.29 is 8.42 Å². The third-order valence-electron chi connectivity index (χ3n) is 3.43. The zero-order chi connectivity index (χ0) is 14.4. The molecule has 0 aromatic heterocycles. The van der Waals surface area contributed by atoms with Gasteiger partial charge in [-0.2, -0.15) is 5.26 Å². The first-order chi connectivity index (χ1) is 9.61. The van der Waals surface area contributed by atoms with Crippen LogP contribution in [0.3, 0.4) is 0 Å². The van der Waals surface area contributed by atoms with Gasteiger partial charge in [0.05, 0.1) is 17.4 Å². The van der Waals surface area contributed by atoms with E-state index in [9.17, 15) is 8.42 Å². The molecule has 108 valence electrons. The topological polar surface area (TPSA) is 73.2 Å². The SMILES string of the molecule is N#Cc1ccccc1CS(=O)(=O)NCCN1CCCC1. The number of hydrogen-bond donors (Lipinski definition) is 1. The molecule has 0 radical (unpaired) electrons. The van der Waals surface area contributed by atoms with Crippen LogP contribution >= 0.6 is 0 Å². The van der Waals surface area contributed by atoms with Gasteiger partial charge in [-0.25, -0.2) is 13.1 Å². The van der Waals surface area contributed by atoms with Crippen LogP contribution in [0.15, 0.2) is 24.3 Å². The van der Waals surface area contributed by atoms with Gasteiger partial charge in [0, 0.05) is 13.1 Å². The quantitative estimate of drug-likeness (QED) is 0.851. The Morgan fingerprint density at radius 3 is 2.65 bits per heavy atom. The Bertz CT molecular complexity index is 587. The summed E-state index contributed by atoms with van der Waals surface area (Å²) in [5.41, 5.74) is 0.959. The van der Waals surface area contributed by atoms with Crippen LogP contribution in [0, 0.1) is 11.3 Å². The molecule has 1 N–H and O–H groups in total. The molecular weight excluding hydrogens is 274 g/mol.